The molecule has 1 fully saturated rings. The van der Waals surface area contributed by atoms with Gasteiger partial charge in [0.25, 0.3) is 0 Å². The zero-order valence-electron chi connectivity index (χ0n) is 10.6. The third-order valence-corrected chi connectivity index (χ3v) is 4.01. The minimum Gasteiger partial charge on any atom is -0.347 e. The van der Waals surface area contributed by atoms with Crippen LogP contribution < -0.4 is 5.32 Å². The van der Waals surface area contributed by atoms with E-state index in [1.807, 2.05) is 6.34 Å². The molecule has 0 bridgehead atoms. The fourth-order valence-electron chi connectivity index (χ4n) is 3.03. The van der Waals surface area contributed by atoms with Gasteiger partial charge in [0.15, 0.2) is 0 Å². The van der Waals surface area contributed by atoms with Crippen molar-refractivity contribution in [2.75, 3.05) is 13.1 Å². The maximum absolute atomic E-state index is 4.67. The van der Waals surface area contributed by atoms with Crippen LogP contribution in [-0.2, 0) is 0 Å². The Morgan fingerprint density at radius 2 is 2.06 bits per heavy atom. The molecule has 0 radical (unpaired) electrons. The summed E-state index contributed by atoms with van der Waals surface area (Å²) < 4.78 is 0. The van der Waals surface area contributed by atoms with Crippen LogP contribution in [0.15, 0.2) is 27.9 Å². The second-order valence-corrected chi connectivity index (χ2v) is 5.32. The Labute approximate surface area is 103 Å². The van der Waals surface area contributed by atoms with E-state index in [0.29, 0.717) is 6.17 Å². The summed E-state index contributed by atoms with van der Waals surface area (Å²) in [5.41, 5.74) is 4.28. The molecule has 2 aliphatic heterocycles. The molecule has 17 heavy (non-hydrogen) atoms. The van der Waals surface area contributed by atoms with Gasteiger partial charge in [-0.15, -0.1) is 0 Å². The lowest BCUT2D eigenvalue weighted by Crippen LogP contribution is -2.43. The zero-order chi connectivity index (χ0) is 11.7. The molecular weight excluding hydrogens is 210 g/mol. The van der Waals surface area contributed by atoms with Crippen LogP contribution in [0, 0.1) is 0 Å². The summed E-state index contributed by atoms with van der Waals surface area (Å²) in [5.74, 6) is 0. The summed E-state index contributed by atoms with van der Waals surface area (Å²) in [5, 5.41) is 3.31. The highest BCUT2D eigenvalue weighted by molar-refractivity contribution is 5.63. The Kier molecular flexibility index (Phi) is 3.02. The summed E-state index contributed by atoms with van der Waals surface area (Å²) in [6.07, 6.45) is 10.9. The topological polar surface area (TPSA) is 27.6 Å². The normalized spacial score (nSPS) is 29.7. The number of hydrogen-bond acceptors (Lipinski definition) is 3. The molecular formula is C14H21N3. The van der Waals surface area contributed by atoms with Gasteiger partial charge < -0.3 is 5.32 Å². The molecule has 0 spiro atoms. The molecule has 1 atom stereocenters. The number of allylic oxidation sites excluding steroid dienone is 2. The molecule has 0 aromatic carbocycles. The van der Waals surface area contributed by atoms with Crippen molar-refractivity contribution in [3.63, 3.8) is 0 Å². The Hall–Kier alpha value is -1.09. The van der Waals surface area contributed by atoms with Gasteiger partial charge >= 0.3 is 0 Å². The second kappa shape index (κ2) is 4.65. The van der Waals surface area contributed by atoms with Crippen LogP contribution in [0.2, 0.25) is 0 Å². The summed E-state index contributed by atoms with van der Waals surface area (Å²) in [6.45, 7) is 4.63. The van der Waals surface area contributed by atoms with E-state index >= 15 is 0 Å². The predicted molar refractivity (Wildman–Crippen MR) is 70.9 cm³/mol. The van der Waals surface area contributed by atoms with Crippen LogP contribution in [0.5, 0.6) is 0 Å². The molecule has 2 heterocycles. The smallest absolute Gasteiger partial charge is 0.128 e. The van der Waals surface area contributed by atoms with Gasteiger partial charge in [-0.25, -0.2) is 0 Å². The Morgan fingerprint density at radius 3 is 2.88 bits per heavy atom. The van der Waals surface area contributed by atoms with Crippen molar-refractivity contribution in [1.29, 1.82) is 0 Å². The first-order valence-electron chi connectivity index (χ1n) is 6.77. The van der Waals surface area contributed by atoms with Gasteiger partial charge in [0.05, 0.1) is 6.34 Å². The first-order chi connectivity index (χ1) is 8.34. The molecule has 3 nitrogen and oxygen atoms in total. The Balaban J connectivity index is 1.84. The fourth-order valence-corrected chi connectivity index (χ4v) is 3.03. The summed E-state index contributed by atoms with van der Waals surface area (Å²) >= 11 is 0. The van der Waals surface area contributed by atoms with Crippen molar-refractivity contribution in [2.45, 2.75) is 45.2 Å². The van der Waals surface area contributed by atoms with Crippen molar-refractivity contribution in [3.05, 3.63) is 22.9 Å². The molecule has 3 aliphatic rings. The Morgan fingerprint density at radius 1 is 1.24 bits per heavy atom. The predicted octanol–water partition coefficient (Wildman–Crippen LogP) is 2.42. The molecule has 0 amide bonds. The highest BCUT2D eigenvalue weighted by atomic mass is 15.3. The minimum atomic E-state index is 0.316. The van der Waals surface area contributed by atoms with Crippen molar-refractivity contribution < 1.29 is 0 Å². The number of piperidine rings is 1. The van der Waals surface area contributed by atoms with E-state index in [1.165, 1.54) is 62.0 Å². The number of hydrogen-bond donors (Lipinski definition) is 1. The van der Waals surface area contributed by atoms with E-state index in [2.05, 4.69) is 28.2 Å². The molecule has 0 aromatic rings. The van der Waals surface area contributed by atoms with E-state index < -0.39 is 0 Å². The van der Waals surface area contributed by atoms with Crippen LogP contribution in [0.3, 0.4) is 0 Å². The largest absolute Gasteiger partial charge is 0.347 e. The van der Waals surface area contributed by atoms with Crippen molar-refractivity contribution in [1.82, 2.24) is 10.2 Å². The highest BCUT2D eigenvalue weighted by Gasteiger charge is 2.28. The average molecular weight is 231 g/mol. The monoisotopic (exact) mass is 231 g/mol. The van der Waals surface area contributed by atoms with Gasteiger partial charge in [-0.3, -0.25) is 9.89 Å². The summed E-state index contributed by atoms with van der Waals surface area (Å²) in [7, 11) is 0. The maximum atomic E-state index is 4.67. The average Bonchev–Trinajstić information content (AvgIpc) is 2.39. The number of aliphatic imine (C=N–C) groups is 1. The maximum Gasteiger partial charge on any atom is 0.128 e. The molecule has 1 unspecified atom stereocenters. The standard InChI is InChI=1S/C14H21N3/c1-11-5-6-12-13(9-11)15-10-16-14(12)17-7-3-2-4-8-17/h9-10,14H,2-8H2,1H3,(H,15,16). The van der Waals surface area contributed by atoms with Crippen LogP contribution >= 0.6 is 0 Å². The number of likely N-dealkylation sites (tertiary alicyclic amines) is 1. The van der Waals surface area contributed by atoms with E-state index in [-0.39, 0.29) is 0 Å². The quantitative estimate of drug-likeness (QED) is 0.750. The van der Waals surface area contributed by atoms with Crippen LogP contribution in [0.1, 0.15) is 39.0 Å². The fraction of sp³-hybridized carbons (Fsp3) is 0.643. The number of nitrogens with one attached hydrogen (secondary N) is 1. The molecule has 0 aromatic heterocycles. The van der Waals surface area contributed by atoms with E-state index in [1.54, 1.807) is 0 Å². The van der Waals surface area contributed by atoms with Crippen molar-refractivity contribution in [2.24, 2.45) is 4.99 Å². The summed E-state index contributed by atoms with van der Waals surface area (Å²) in [4.78, 5) is 7.21. The Bertz CT molecular complexity index is 386. The molecule has 1 N–H and O–H groups in total. The lowest BCUT2D eigenvalue weighted by atomic mass is 9.93. The lowest BCUT2D eigenvalue weighted by molar-refractivity contribution is 0.184. The first-order valence-corrected chi connectivity index (χ1v) is 6.77. The van der Waals surface area contributed by atoms with Gasteiger partial charge in [-0.05, 0) is 44.3 Å². The number of rotatable bonds is 1. The molecule has 92 valence electrons. The third-order valence-electron chi connectivity index (χ3n) is 4.01. The van der Waals surface area contributed by atoms with Gasteiger partial charge in [0.2, 0.25) is 0 Å². The minimum absolute atomic E-state index is 0.316. The second-order valence-electron chi connectivity index (χ2n) is 5.32. The van der Waals surface area contributed by atoms with Crippen molar-refractivity contribution in [3.8, 4) is 0 Å². The van der Waals surface area contributed by atoms with Crippen molar-refractivity contribution >= 4 is 6.34 Å². The zero-order valence-corrected chi connectivity index (χ0v) is 10.6. The van der Waals surface area contributed by atoms with E-state index in [4.69, 9.17) is 0 Å². The highest BCUT2D eigenvalue weighted by Crippen LogP contribution is 2.30. The third kappa shape index (κ3) is 2.16. The van der Waals surface area contributed by atoms with Crippen LogP contribution in [0.4, 0.5) is 0 Å². The molecule has 3 rings (SSSR count). The van der Waals surface area contributed by atoms with Gasteiger partial charge in [0, 0.05) is 18.8 Å². The molecule has 0 saturated carbocycles. The van der Waals surface area contributed by atoms with Gasteiger partial charge in [-0.2, -0.15) is 0 Å². The SMILES string of the molecule is CC1=CC2=C(CC1)C(N1CCCCC1)N=CN2. The van der Waals surface area contributed by atoms with Crippen LogP contribution in [-0.4, -0.2) is 30.5 Å². The number of nitrogens with zero attached hydrogens (tertiary/aromatic N) is 2. The van der Waals surface area contributed by atoms with Crippen LogP contribution in [0.25, 0.3) is 0 Å². The lowest BCUT2D eigenvalue weighted by Gasteiger charge is -2.37. The molecule has 3 heteroatoms. The van der Waals surface area contributed by atoms with E-state index in [0.717, 1.165) is 0 Å². The van der Waals surface area contributed by atoms with E-state index in [9.17, 15) is 0 Å². The molecule has 1 aliphatic carbocycles. The first kappa shape index (κ1) is 11.0. The van der Waals surface area contributed by atoms with Gasteiger partial charge in [0.1, 0.15) is 6.17 Å². The summed E-state index contributed by atoms with van der Waals surface area (Å²) in [6, 6.07) is 0. The molecule has 1 saturated heterocycles. The van der Waals surface area contributed by atoms with Gasteiger partial charge in [-0.1, -0.05) is 12.0 Å².